The van der Waals surface area contributed by atoms with Gasteiger partial charge in [0.2, 0.25) is 0 Å². The molecule has 0 spiro atoms. The Morgan fingerprint density at radius 2 is 1.62 bits per heavy atom. The normalized spacial score (nSPS) is 12.4. The molecule has 0 aliphatic carbocycles. The summed E-state index contributed by atoms with van der Waals surface area (Å²) in [6.07, 6.45) is 0. The number of esters is 1. The summed E-state index contributed by atoms with van der Waals surface area (Å²) in [5.41, 5.74) is -6.15. The van der Waals surface area contributed by atoms with Gasteiger partial charge in [0.25, 0.3) is 9.84 Å². The van der Waals surface area contributed by atoms with Crippen molar-refractivity contribution < 1.29 is 31.1 Å². The molecular formula is C13H9F3O4S. The van der Waals surface area contributed by atoms with Crippen LogP contribution in [0, 0.1) is 0 Å². The number of sulfone groups is 1. The number of ether oxygens (including phenoxy) is 1. The van der Waals surface area contributed by atoms with Gasteiger partial charge in [-0.15, -0.1) is 0 Å². The average Bonchev–Trinajstić information content (AvgIpc) is 2.43. The van der Waals surface area contributed by atoms with Gasteiger partial charge in [-0.25, -0.2) is 13.2 Å². The highest BCUT2D eigenvalue weighted by molar-refractivity contribution is 7.92. The first-order valence-electron chi connectivity index (χ1n) is 5.61. The van der Waals surface area contributed by atoms with Gasteiger partial charge in [-0.3, -0.25) is 0 Å². The second-order valence-corrected chi connectivity index (χ2v) is 6.05. The molecule has 4 nitrogen and oxygen atoms in total. The Labute approximate surface area is 118 Å². The van der Waals surface area contributed by atoms with Crippen molar-refractivity contribution in [1.29, 1.82) is 0 Å². The van der Waals surface area contributed by atoms with E-state index in [0.29, 0.717) is 5.39 Å². The molecule has 8 heteroatoms. The van der Waals surface area contributed by atoms with Crippen molar-refractivity contribution in [3.8, 4) is 0 Å². The van der Waals surface area contributed by atoms with Crippen molar-refractivity contribution in [2.24, 2.45) is 0 Å². The number of halogens is 3. The molecule has 2 aromatic rings. The van der Waals surface area contributed by atoms with E-state index in [1.807, 2.05) is 0 Å². The Hall–Kier alpha value is -2.09. The summed E-state index contributed by atoms with van der Waals surface area (Å²) < 4.78 is 65.8. The van der Waals surface area contributed by atoms with Gasteiger partial charge < -0.3 is 4.74 Å². The first-order valence-corrected chi connectivity index (χ1v) is 7.09. The zero-order valence-electron chi connectivity index (χ0n) is 10.6. The van der Waals surface area contributed by atoms with Crippen molar-refractivity contribution in [2.75, 3.05) is 7.11 Å². The van der Waals surface area contributed by atoms with E-state index >= 15 is 0 Å². The fourth-order valence-corrected chi connectivity index (χ4v) is 2.80. The lowest BCUT2D eigenvalue weighted by Crippen LogP contribution is -2.25. The summed E-state index contributed by atoms with van der Waals surface area (Å²) in [7, 11) is -4.69. The largest absolute Gasteiger partial charge is 0.501 e. The van der Waals surface area contributed by atoms with E-state index in [2.05, 4.69) is 4.74 Å². The van der Waals surface area contributed by atoms with E-state index < -0.39 is 31.8 Å². The van der Waals surface area contributed by atoms with Gasteiger partial charge in [-0.2, -0.15) is 13.2 Å². The van der Waals surface area contributed by atoms with Gasteiger partial charge in [0.1, 0.15) is 0 Å². The van der Waals surface area contributed by atoms with Crippen molar-refractivity contribution in [3.63, 3.8) is 0 Å². The number of hydrogen-bond acceptors (Lipinski definition) is 4. The van der Waals surface area contributed by atoms with E-state index in [0.717, 1.165) is 19.2 Å². The van der Waals surface area contributed by atoms with Crippen LogP contribution in [0.1, 0.15) is 10.4 Å². The summed E-state index contributed by atoms with van der Waals surface area (Å²) in [4.78, 5) is 10.5. The Morgan fingerprint density at radius 1 is 1.10 bits per heavy atom. The highest BCUT2D eigenvalue weighted by Crippen LogP contribution is 2.34. The first-order chi connectivity index (χ1) is 9.68. The molecule has 0 atom stereocenters. The third kappa shape index (κ3) is 2.58. The van der Waals surface area contributed by atoms with Crippen molar-refractivity contribution >= 4 is 26.6 Å². The highest BCUT2D eigenvalue weighted by atomic mass is 32.2. The summed E-state index contributed by atoms with van der Waals surface area (Å²) in [6.45, 7) is 0. The standard InChI is InChI=1S/C13H9F3O4S/c1-20-12(17)10-6-8-4-2-3-5-9(8)7-11(10)21(18,19)13(14,15)16/h2-7H,1H3. The quantitative estimate of drug-likeness (QED) is 0.799. The van der Waals surface area contributed by atoms with Gasteiger partial charge in [-0.05, 0) is 22.9 Å². The number of benzene rings is 2. The van der Waals surface area contributed by atoms with Crippen LogP contribution in [0.2, 0.25) is 0 Å². The molecule has 0 radical (unpaired) electrons. The number of hydrogen-bond donors (Lipinski definition) is 0. The molecule has 0 aromatic heterocycles. The zero-order chi connectivity index (χ0) is 15.8. The SMILES string of the molecule is COC(=O)c1cc2ccccc2cc1S(=O)(=O)C(F)(F)F. The molecule has 0 aliphatic heterocycles. The monoisotopic (exact) mass is 318 g/mol. The Kier molecular flexibility index (Phi) is 3.66. The Morgan fingerprint density at radius 3 is 2.10 bits per heavy atom. The summed E-state index contributed by atoms with van der Waals surface area (Å²) in [5, 5.41) is 0.701. The maximum atomic E-state index is 12.7. The number of methoxy groups -OCH3 is 1. The van der Waals surface area contributed by atoms with Gasteiger partial charge >= 0.3 is 11.5 Å². The number of carbonyl (C=O) groups excluding carboxylic acids is 1. The minimum atomic E-state index is -5.65. The minimum absolute atomic E-state index is 0.271. The molecule has 0 bridgehead atoms. The van der Waals surface area contributed by atoms with E-state index in [1.165, 1.54) is 6.07 Å². The topological polar surface area (TPSA) is 60.4 Å². The second-order valence-electron chi connectivity index (χ2n) is 4.14. The number of alkyl halides is 3. The summed E-state index contributed by atoms with van der Waals surface area (Å²) in [6, 6.07) is 8.05. The smallest absolute Gasteiger partial charge is 0.465 e. The number of carbonyl (C=O) groups is 1. The lowest BCUT2D eigenvalue weighted by Gasteiger charge is -2.13. The molecule has 2 aromatic carbocycles. The molecule has 0 N–H and O–H groups in total. The molecule has 0 fully saturated rings. The van der Waals surface area contributed by atoms with Crippen LogP contribution in [-0.2, 0) is 14.6 Å². The van der Waals surface area contributed by atoms with Crippen LogP contribution in [0.15, 0.2) is 41.3 Å². The molecule has 2 rings (SSSR count). The fourth-order valence-electron chi connectivity index (χ4n) is 1.84. The lowest BCUT2D eigenvalue weighted by atomic mass is 10.1. The molecule has 21 heavy (non-hydrogen) atoms. The van der Waals surface area contributed by atoms with Gasteiger partial charge in [-0.1, -0.05) is 24.3 Å². The minimum Gasteiger partial charge on any atom is -0.465 e. The van der Waals surface area contributed by atoms with Crippen molar-refractivity contribution in [1.82, 2.24) is 0 Å². The molecule has 0 saturated carbocycles. The summed E-state index contributed by atoms with van der Waals surface area (Å²) >= 11 is 0. The molecule has 0 saturated heterocycles. The van der Waals surface area contributed by atoms with Gasteiger partial charge in [0, 0.05) is 0 Å². The lowest BCUT2D eigenvalue weighted by molar-refractivity contribution is -0.0436. The van der Waals surface area contributed by atoms with Gasteiger partial charge in [0.05, 0.1) is 17.6 Å². The van der Waals surface area contributed by atoms with E-state index in [1.54, 1.807) is 18.2 Å². The molecule has 0 unspecified atom stereocenters. The zero-order valence-corrected chi connectivity index (χ0v) is 11.5. The molecule has 0 heterocycles. The fraction of sp³-hybridized carbons (Fsp3) is 0.154. The van der Waals surface area contributed by atoms with Crippen LogP contribution in [0.3, 0.4) is 0 Å². The van der Waals surface area contributed by atoms with Crippen LogP contribution >= 0.6 is 0 Å². The second kappa shape index (κ2) is 5.03. The molecule has 0 amide bonds. The predicted octanol–water partition coefficient (Wildman–Crippen LogP) is 2.92. The van der Waals surface area contributed by atoms with Crippen molar-refractivity contribution in [2.45, 2.75) is 10.4 Å². The van der Waals surface area contributed by atoms with E-state index in [4.69, 9.17) is 0 Å². The van der Waals surface area contributed by atoms with Crippen LogP contribution in [0.25, 0.3) is 10.8 Å². The molecule has 0 aliphatic rings. The predicted molar refractivity (Wildman–Crippen MR) is 68.5 cm³/mol. The molecular weight excluding hydrogens is 309 g/mol. The first kappa shape index (κ1) is 15.3. The van der Waals surface area contributed by atoms with E-state index in [9.17, 15) is 26.4 Å². The van der Waals surface area contributed by atoms with Gasteiger partial charge in [0.15, 0.2) is 0 Å². The Bertz CT molecular complexity index is 810. The average molecular weight is 318 g/mol. The van der Waals surface area contributed by atoms with Crippen LogP contribution in [-0.4, -0.2) is 27.0 Å². The van der Waals surface area contributed by atoms with Crippen LogP contribution in [0.5, 0.6) is 0 Å². The van der Waals surface area contributed by atoms with E-state index in [-0.39, 0.29) is 5.39 Å². The van der Waals surface area contributed by atoms with Crippen LogP contribution < -0.4 is 0 Å². The van der Waals surface area contributed by atoms with Crippen molar-refractivity contribution in [3.05, 3.63) is 42.0 Å². The highest BCUT2D eigenvalue weighted by Gasteiger charge is 2.48. The maximum Gasteiger partial charge on any atom is 0.501 e. The number of rotatable bonds is 2. The van der Waals surface area contributed by atoms with Crippen LogP contribution in [0.4, 0.5) is 13.2 Å². The summed E-state index contributed by atoms with van der Waals surface area (Å²) in [5.74, 6) is -1.15. The third-order valence-electron chi connectivity index (χ3n) is 2.85. The Balaban J connectivity index is 2.86. The molecule has 112 valence electrons. The number of fused-ring (bicyclic) bond motifs is 1. The third-order valence-corrected chi connectivity index (χ3v) is 4.37. The maximum absolute atomic E-state index is 12.7.